The highest BCUT2D eigenvalue weighted by Gasteiger charge is 2.17. The van der Waals surface area contributed by atoms with Gasteiger partial charge in [0, 0.05) is 26.5 Å². The van der Waals surface area contributed by atoms with Crippen LogP contribution in [0.15, 0.2) is 65.6 Å². The van der Waals surface area contributed by atoms with E-state index in [1.165, 1.54) is 10.5 Å². The molecule has 3 aromatic heterocycles. The van der Waals surface area contributed by atoms with Crippen LogP contribution in [0.4, 0.5) is 0 Å². The van der Waals surface area contributed by atoms with E-state index in [-0.39, 0.29) is 22.0 Å². The predicted octanol–water partition coefficient (Wildman–Crippen LogP) is 1.94. The minimum absolute atomic E-state index is 0.00720. The predicted molar refractivity (Wildman–Crippen MR) is 117 cm³/mol. The fraction of sp³-hybridized carbons (Fsp3) is 0.217. The number of aromatic nitrogens is 3. The van der Waals surface area contributed by atoms with Crippen molar-refractivity contribution < 1.29 is 9.53 Å². The van der Waals surface area contributed by atoms with Gasteiger partial charge in [0.1, 0.15) is 16.8 Å². The first-order valence-electron chi connectivity index (χ1n) is 10.0. The van der Waals surface area contributed by atoms with Crippen LogP contribution in [-0.2, 0) is 11.3 Å². The van der Waals surface area contributed by atoms with Crippen molar-refractivity contribution in [2.24, 2.45) is 0 Å². The Morgan fingerprint density at radius 1 is 1.16 bits per heavy atom. The number of nitrogens with zero attached hydrogens (tertiary/aromatic N) is 3. The number of carbonyl (C=O) groups excluding carboxylic acids is 1. The van der Waals surface area contributed by atoms with E-state index >= 15 is 0 Å². The van der Waals surface area contributed by atoms with E-state index in [1.807, 2.05) is 30.3 Å². The molecule has 1 aromatic carbocycles. The first-order chi connectivity index (χ1) is 15.1. The minimum Gasteiger partial charge on any atom is -0.385 e. The van der Waals surface area contributed by atoms with E-state index in [0.29, 0.717) is 37.4 Å². The summed E-state index contributed by atoms with van der Waals surface area (Å²) in [5.41, 5.74) is 1.66. The van der Waals surface area contributed by atoms with Crippen LogP contribution in [0, 0.1) is 5.41 Å². The average molecular weight is 417 g/mol. The SMILES string of the molecule is COCCCNC(=O)c1cc2c(=O)n3ccccc3nc2n(Cc2ccccc2)c1=N. The molecule has 0 aliphatic carbocycles. The van der Waals surface area contributed by atoms with Gasteiger partial charge in [-0.05, 0) is 30.2 Å². The molecule has 0 aliphatic heterocycles. The quantitative estimate of drug-likeness (QED) is 0.354. The lowest BCUT2D eigenvalue weighted by Crippen LogP contribution is -2.35. The molecule has 0 spiro atoms. The molecule has 0 radical (unpaired) electrons. The summed E-state index contributed by atoms with van der Waals surface area (Å²) in [5.74, 6) is -0.401. The van der Waals surface area contributed by atoms with Crippen LogP contribution < -0.4 is 16.4 Å². The average Bonchev–Trinajstić information content (AvgIpc) is 2.79. The lowest BCUT2D eigenvalue weighted by atomic mass is 10.1. The number of benzene rings is 1. The Bertz CT molecular complexity index is 1360. The second-order valence-electron chi connectivity index (χ2n) is 7.16. The van der Waals surface area contributed by atoms with Gasteiger partial charge in [0.2, 0.25) is 0 Å². The van der Waals surface area contributed by atoms with Crippen LogP contribution in [-0.4, -0.2) is 40.1 Å². The van der Waals surface area contributed by atoms with Gasteiger partial charge in [-0.25, -0.2) is 4.98 Å². The summed E-state index contributed by atoms with van der Waals surface area (Å²) in [6, 6.07) is 16.4. The number of carbonyl (C=O) groups is 1. The van der Waals surface area contributed by atoms with E-state index in [1.54, 1.807) is 36.1 Å². The molecule has 31 heavy (non-hydrogen) atoms. The highest BCUT2D eigenvalue weighted by Crippen LogP contribution is 2.12. The molecule has 4 rings (SSSR count). The van der Waals surface area contributed by atoms with E-state index in [0.717, 1.165) is 5.56 Å². The molecule has 4 aromatic rings. The molecule has 0 saturated heterocycles. The van der Waals surface area contributed by atoms with E-state index in [9.17, 15) is 9.59 Å². The fourth-order valence-electron chi connectivity index (χ4n) is 3.49. The standard InChI is InChI=1S/C23H23N5O3/c1-31-13-7-11-25-22(29)17-14-18-21(26-19-10-5-6-12-27(19)23(18)30)28(20(17)24)15-16-8-3-2-4-9-16/h2-6,8-10,12,14,24H,7,11,13,15H2,1H3,(H,25,29). The third-order valence-electron chi connectivity index (χ3n) is 5.06. The molecule has 0 unspecified atom stereocenters. The zero-order valence-corrected chi connectivity index (χ0v) is 17.2. The number of amides is 1. The van der Waals surface area contributed by atoms with Crippen molar-refractivity contribution in [3.63, 3.8) is 0 Å². The van der Waals surface area contributed by atoms with Gasteiger partial charge in [-0.2, -0.15) is 0 Å². The van der Waals surface area contributed by atoms with E-state index < -0.39 is 5.91 Å². The van der Waals surface area contributed by atoms with E-state index in [2.05, 4.69) is 10.3 Å². The first kappa shape index (κ1) is 20.5. The van der Waals surface area contributed by atoms with Crippen molar-refractivity contribution in [1.82, 2.24) is 19.3 Å². The molecule has 0 fully saturated rings. The normalized spacial score (nSPS) is 11.1. The number of fused-ring (bicyclic) bond motifs is 2. The molecule has 0 aliphatic rings. The van der Waals surface area contributed by atoms with Crippen molar-refractivity contribution in [3.8, 4) is 0 Å². The molecule has 1 amide bonds. The zero-order valence-electron chi connectivity index (χ0n) is 17.2. The Morgan fingerprint density at radius 3 is 2.71 bits per heavy atom. The summed E-state index contributed by atoms with van der Waals surface area (Å²) in [6.45, 7) is 1.26. The van der Waals surface area contributed by atoms with Crippen molar-refractivity contribution in [2.45, 2.75) is 13.0 Å². The molecule has 3 heterocycles. The lowest BCUT2D eigenvalue weighted by Gasteiger charge is -2.15. The van der Waals surface area contributed by atoms with Gasteiger partial charge in [-0.1, -0.05) is 36.4 Å². The Balaban J connectivity index is 1.90. The molecule has 8 nitrogen and oxygen atoms in total. The molecule has 0 saturated carbocycles. The van der Waals surface area contributed by atoms with Gasteiger partial charge in [0.25, 0.3) is 11.5 Å². The molecule has 8 heteroatoms. The topological polar surface area (TPSA) is 101 Å². The monoisotopic (exact) mass is 417 g/mol. The Morgan fingerprint density at radius 2 is 1.94 bits per heavy atom. The minimum atomic E-state index is -0.401. The number of hydrogen-bond acceptors (Lipinski definition) is 5. The van der Waals surface area contributed by atoms with Crippen molar-refractivity contribution in [3.05, 3.63) is 87.8 Å². The molecule has 2 N–H and O–H groups in total. The maximum Gasteiger partial charge on any atom is 0.267 e. The first-order valence-corrected chi connectivity index (χ1v) is 10.0. The lowest BCUT2D eigenvalue weighted by molar-refractivity contribution is 0.0946. The molecule has 158 valence electrons. The smallest absolute Gasteiger partial charge is 0.267 e. The summed E-state index contributed by atoms with van der Waals surface area (Å²) in [4.78, 5) is 30.7. The second-order valence-corrected chi connectivity index (χ2v) is 7.16. The van der Waals surface area contributed by atoms with Crippen molar-refractivity contribution >= 4 is 22.6 Å². The Kier molecular flexibility index (Phi) is 5.90. The fourth-order valence-corrected chi connectivity index (χ4v) is 3.49. The molecular weight excluding hydrogens is 394 g/mol. The second kappa shape index (κ2) is 8.93. The van der Waals surface area contributed by atoms with Crippen LogP contribution in [0.1, 0.15) is 22.3 Å². The Hall–Kier alpha value is -3.78. The van der Waals surface area contributed by atoms with Crippen LogP contribution in [0.25, 0.3) is 16.7 Å². The zero-order chi connectivity index (χ0) is 21.8. The number of hydrogen-bond donors (Lipinski definition) is 2. The molecule has 0 bridgehead atoms. The third kappa shape index (κ3) is 4.10. The number of methoxy groups -OCH3 is 1. The van der Waals surface area contributed by atoms with Crippen LogP contribution >= 0.6 is 0 Å². The van der Waals surface area contributed by atoms with Gasteiger partial charge in [0.15, 0.2) is 0 Å². The number of nitrogens with one attached hydrogen (secondary N) is 2. The van der Waals surface area contributed by atoms with Gasteiger partial charge >= 0.3 is 0 Å². The maximum atomic E-state index is 13.2. The van der Waals surface area contributed by atoms with Crippen LogP contribution in [0.3, 0.4) is 0 Å². The Labute approximate surface area is 178 Å². The van der Waals surface area contributed by atoms with Crippen molar-refractivity contribution in [2.75, 3.05) is 20.3 Å². The van der Waals surface area contributed by atoms with E-state index in [4.69, 9.17) is 10.1 Å². The van der Waals surface area contributed by atoms with Gasteiger partial charge in [-0.15, -0.1) is 0 Å². The largest absolute Gasteiger partial charge is 0.385 e. The molecular formula is C23H23N5O3. The maximum absolute atomic E-state index is 13.2. The highest BCUT2D eigenvalue weighted by molar-refractivity contribution is 5.96. The summed E-state index contributed by atoms with van der Waals surface area (Å²) < 4.78 is 8.07. The van der Waals surface area contributed by atoms with Gasteiger partial charge in [0.05, 0.1) is 17.5 Å². The van der Waals surface area contributed by atoms with Gasteiger partial charge < -0.3 is 14.6 Å². The third-order valence-corrected chi connectivity index (χ3v) is 5.06. The number of pyridine rings is 2. The summed E-state index contributed by atoms with van der Waals surface area (Å²) in [5, 5.41) is 11.8. The molecule has 0 atom stereocenters. The van der Waals surface area contributed by atoms with Gasteiger partial charge in [-0.3, -0.25) is 19.4 Å². The van der Waals surface area contributed by atoms with Crippen LogP contribution in [0.5, 0.6) is 0 Å². The summed E-state index contributed by atoms with van der Waals surface area (Å²) in [6.07, 6.45) is 2.30. The highest BCUT2D eigenvalue weighted by atomic mass is 16.5. The van der Waals surface area contributed by atoms with Crippen molar-refractivity contribution in [1.29, 1.82) is 5.41 Å². The summed E-state index contributed by atoms with van der Waals surface area (Å²) in [7, 11) is 1.60. The van der Waals surface area contributed by atoms with Crippen LogP contribution in [0.2, 0.25) is 0 Å². The number of ether oxygens (including phenoxy) is 1. The number of rotatable bonds is 7. The summed E-state index contributed by atoms with van der Waals surface area (Å²) >= 11 is 0.